The van der Waals surface area contributed by atoms with Crippen LogP contribution in [0.3, 0.4) is 0 Å². The number of fused-ring (bicyclic) bond motifs is 2. The monoisotopic (exact) mass is 291 g/mol. The molecule has 2 heterocycles. The normalized spacial score (nSPS) is 15.5. The van der Waals surface area contributed by atoms with Gasteiger partial charge in [-0.05, 0) is 30.8 Å². The molecule has 0 spiro atoms. The molecule has 0 saturated carbocycles. The highest BCUT2D eigenvalue weighted by Crippen LogP contribution is 2.29. The Morgan fingerprint density at radius 1 is 1.47 bits per heavy atom. The van der Waals surface area contributed by atoms with E-state index in [0.29, 0.717) is 10.0 Å². The third kappa shape index (κ3) is 2.20. The number of nitrogens with two attached hydrogens (primary N) is 1. The van der Waals surface area contributed by atoms with Gasteiger partial charge in [0.2, 0.25) is 0 Å². The van der Waals surface area contributed by atoms with E-state index in [1.807, 2.05) is 18.2 Å². The van der Waals surface area contributed by atoms with Gasteiger partial charge in [0.15, 0.2) is 0 Å². The number of rotatable bonds is 1. The van der Waals surface area contributed by atoms with Crippen molar-refractivity contribution in [2.24, 2.45) is 5.73 Å². The van der Waals surface area contributed by atoms with Gasteiger partial charge in [0.25, 0.3) is 0 Å². The Kier molecular flexibility index (Phi) is 3.17. The molecule has 1 aromatic carbocycles. The second-order valence-corrected chi connectivity index (χ2v) is 5.80. The van der Waals surface area contributed by atoms with E-state index >= 15 is 0 Å². The average Bonchev–Trinajstić information content (AvgIpc) is 2.35. The van der Waals surface area contributed by atoms with Gasteiger partial charge >= 0.3 is 0 Å². The molecule has 3 nitrogen and oxygen atoms in total. The van der Waals surface area contributed by atoms with Crippen LogP contribution >= 0.6 is 23.8 Å². The molecule has 0 fully saturated rings. The van der Waals surface area contributed by atoms with E-state index in [9.17, 15) is 0 Å². The molecule has 0 bridgehead atoms. The number of aromatic nitrogens is 1. The van der Waals surface area contributed by atoms with Crippen LogP contribution < -0.4 is 5.73 Å². The molecule has 2 aromatic rings. The lowest BCUT2D eigenvalue weighted by atomic mass is 9.96. The SMILES string of the molecule is CN1CCc2nc3ccc(Cl)cc3c(C(N)=S)c2C1. The molecular formula is C14H14ClN3S. The summed E-state index contributed by atoms with van der Waals surface area (Å²) in [6.07, 6.45) is 0.931. The number of nitrogens with zero attached hydrogens (tertiary/aromatic N) is 2. The maximum atomic E-state index is 6.08. The van der Waals surface area contributed by atoms with Crippen LogP contribution in [-0.2, 0) is 13.0 Å². The summed E-state index contributed by atoms with van der Waals surface area (Å²) in [6.45, 7) is 1.84. The first-order valence-corrected chi connectivity index (χ1v) is 6.94. The number of likely N-dealkylation sites (N-methyl/N-ethyl adjacent to an activating group) is 1. The number of benzene rings is 1. The van der Waals surface area contributed by atoms with Crippen molar-refractivity contribution in [1.82, 2.24) is 9.88 Å². The first-order chi connectivity index (χ1) is 9.06. The van der Waals surface area contributed by atoms with E-state index in [4.69, 9.17) is 34.5 Å². The van der Waals surface area contributed by atoms with Crippen LogP contribution in [0.15, 0.2) is 18.2 Å². The van der Waals surface area contributed by atoms with Crippen LogP contribution in [0.25, 0.3) is 10.9 Å². The van der Waals surface area contributed by atoms with E-state index in [1.54, 1.807) is 0 Å². The van der Waals surface area contributed by atoms with Gasteiger partial charge in [-0.2, -0.15) is 0 Å². The molecule has 0 amide bonds. The van der Waals surface area contributed by atoms with Crippen molar-refractivity contribution >= 4 is 39.7 Å². The molecule has 0 aliphatic carbocycles. The van der Waals surface area contributed by atoms with Gasteiger partial charge in [0.05, 0.1) is 5.52 Å². The minimum atomic E-state index is 0.418. The molecule has 1 aromatic heterocycles. The number of pyridine rings is 1. The molecule has 3 rings (SSSR count). The Morgan fingerprint density at radius 2 is 2.26 bits per heavy atom. The highest BCUT2D eigenvalue weighted by molar-refractivity contribution is 7.80. The van der Waals surface area contributed by atoms with Crippen LogP contribution in [-0.4, -0.2) is 28.5 Å². The van der Waals surface area contributed by atoms with Crippen molar-refractivity contribution in [2.75, 3.05) is 13.6 Å². The maximum Gasteiger partial charge on any atom is 0.105 e. The van der Waals surface area contributed by atoms with Gasteiger partial charge in [0.1, 0.15) is 4.99 Å². The highest BCUT2D eigenvalue weighted by atomic mass is 35.5. The van der Waals surface area contributed by atoms with Crippen molar-refractivity contribution in [3.63, 3.8) is 0 Å². The molecule has 0 unspecified atom stereocenters. The topological polar surface area (TPSA) is 42.2 Å². The minimum absolute atomic E-state index is 0.418. The fraction of sp³-hybridized carbons (Fsp3) is 0.286. The molecular weight excluding hydrogens is 278 g/mol. The molecule has 0 radical (unpaired) electrons. The summed E-state index contributed by atoms with van der Waals surface area (Å²) in [5.74, 6) is 0. The summed E-state index contributed by atoms with van der Waals surface area (Å²) < 4.78 is 0. The third-order valence-electron chi connectivity index (χ3n) is 3.54. The van der Waals surface area contributed by atoms with Crippen molar-refractivity contribution < 1.29 is 0 Å². The van der Waals surface area contributed by atoms with Gasteiger partial charge in [-0.3, -0.25) is 4.98 Å². The third-order valence-corrected chi connectivity index (χ3v) is 3.98. The van der Waals surface area contributed by atoms with E-state index in [2.05, 4.69) is 11.9 Å². The summed E-state index contributed by atoms with van der Waals surface area (Å²) >= 11 is 11.3. The van der Waals surface area contributed by atoms with Crippen LogP contribution in [0.1, 0.15) is 16.8 Å². The lowest BCUT2D eigenvalue weighted by Crippen LogP contribution is -2.30. The second-order valence-electron chi connectivity index (χ2n) is 4.93. The Hall–Kier alpha value is -1.23. The first kappa shape index (κ1) is 12.8. The van der Waals surface area contributed by atoms with Crippen molar-refractivity contribution in [3.8, 4) is 0 Å². The zero-order valence-electron chi connectivity index (χ0n) is 10.6. The lowest BCUT2D eigenvalue weighted by Gasteiger charge is -2.27. The summed E-state index contributed by atoms with van der Waals surface area (Å²) in [4.78, 5) is 7.40. The van der Waals surface area contributed by atoms with Gasteiger partial charge in [-0.1, -0.05) is 23.8 Å². The number of hydrogen-bond acceptors (Lipinski definition) is 3. The predicted octanol–water partition coefficient (Wildman–Crippen LogP) is 2.51. The highest BCUT2D eigenvalue weighted by Gasteiger charge is 2.21. The van der Waals surface area contributed by atoms with Gasteiger partial charge < -0.3 is 10.6 Å². The van der Waals surface area contributed by atoms with Crippen molar-refractivity contribution in [3.05, 3.63) is 40.0 Å². The number of halogens is 1. The van der Waals surface area contributed by atoms with Crippen LogP contribution in [0, 0.1) is 0 Å². The quantitative estimate of drug-likeness (QED) is 0.820. The van der Waals surface area contributed by atoms with Gasteiger partial charge in [-0.15, -0.1) is 0 Å². The standard InChI is InChI=1S/C14H14ClN3S/c1-18-5-4-12-10(7-18)13(14(16)19)9-6-8(15)2-3-11(9)17-12/h2-3,6H,4-5,7H2,1H3,(H2,16,19). The smallest absolute Gasteiger partial charge is 0.105 e. The van der Waals surface area contributed by atoms with Crippen LogP contribution in [0.2, 0.25) is 5.02 Å². The Labute approximate surface area is 122 Å². The van der Waals surface area contributed by atoms with E-state index < -0.39 is 0 Å². The van der Waals surface area contributed by atoms with Crippen molar-refractivity contribution in [2.45, 2.75) is 13.0 Å². The summed E-state index contributed by atoms with van der Waals surface area (Å²) in [6, 6.07) is 5.67. The molecule has 0 atom stereocenters. The minimum Gasteiger partial charge on any atom is -0.389 e. The molecule has 5 heteroatoms. The zero-order valence-corrected chi connectivity index (χ0v) is 12.2. The molecule has 19 heavy (non-hydrogen) atoms. The molecule has 98 valence electrons. The van der Waals surface area contributed by atoms with E-state index in [1.165, 1.54) is 0 Å². The first-order valence-electron chi connectivity index (χ1n) is 6.15. The Balaban J connectivity index is 2.37. The van der Waals surface area contributed by atoms with Crippen molar-refractivity contribution in [1.29, 1.82) is 0 Å². The maximum absolute atomic E-state index is 6.08. The molecule has 1 aliphatic heterocycles. The molecule has 1 aliphatic rings. The van der Waals surface area contributed by atoms with Crippen LogP contribution in [0.4, 0.5) is 0 Å². The van der Waals surface area contributed by atoms with Gasteiger partial charge in [-0.25, -0.2) is 0 Å². The fourth-order valence-electron chi connectivity index (χ4n) is 2.63. The Bertz CT molecular complexity index is 684. The second kappa shape index (κ2) is 4.71. The fourth-order valence-corrected chi connectivity index (χ4v) is 3.04. The largest absolute Gasteiger partial charge is 0.389 e. The predicted molar refractivity (Wildman–Crippen MR) is 82.7 cm³/mol. The summed E-state index contributed by atoms with van der Waals surface area (Å²) in [5.41, 5.74) is 10.0. The molecule has 2 N–H and O–H groups in total. The Morgan fingerprint density at radius 3 is 3.00 bits per heavy atom. The van der Waals surface area contributed by atoms with E-state index in [-0.39, 0.29) is 0 Å². The zero-order chi connectivity index (χ0) is 13.6. The van der Waals surface area contributed by atoms with E-state index in [0.717, 1.165) is 47.2 Å². The van der Waals surface area contributed by atoms with Crippen LogP contribution in [0.5, 0.6) is 0 Å². The summed E-state index contributed by atoms with van der Waals surface area (Å²) in [7, 11) is 2.09. The number of hydrogen-bond donors (Lipinski definition) is 1. The molecule has 0 saturated heterocycles. The lowest BCUT2D eigenvalue weighted by molar-refractivity contribution is 0.310. The average molecular weight is 292 g/mol. The van der Waals surface area contributed by atoms with Gasteiger partial charge in [0, 0.05) is 41.2 Å². The summed E-state index contributed by atoms with van der Waals surface area (Å²) in [5, 5.41) is 1.63. The number of thiocarbonyl (C=S) groups is 1.